The van der Waals surface area contributed by atoms with Gasteiger partial charge < -0.3 is 10.1 Å². The third kappa shape index (κ3) is 4.64. The van der Waals surface area contributed by atoms with Crippen LogP contribution in [0, 0.1) is 15.9 Å². The minimum absolute atomic E-state index is 0.130. The van der Waals surface area contributed by atoms with E-state index in [0.717, 1.165) is 18.4 Å². The first-order chi connectivity index (χ1) is 13.4. The number of non-ortho nitro benzene ring substituents is 1. The molecule has 1 aliphatic carbocycles. The Morgan fingerprint density at radius 1 is 1.32 bits per heavy atom. The summed E-state index contributed by atoms with van der Waals surface area (Å²) in [6.07, 6.45) is 2.00. The maximum absolute atomic E-state index is 13.1. The molecule has 1 amide bonds. The number of carbonyl (C=O) groups is 1. The van der Waals surface area contributed by atoms with Gasteiger partial charge in [0.1, 0.15) is 11.6 Å². The number of hydrogen-bond acceptors (Lipinski definition) is 5. The van der Waals surface area contributed by atoms with Crippen LogP contribution in [-0.4, -0.2) is 34.9 Å². The van der Waals surface area contributed by atoms with Gasteiger partial charge in [-0.15, -0.1) is 0 Å². The number of hydrogen-bond donors (Lipinski definition) is 1. The fraction of sp³-hybridized carbons (Fsp3) is 0.350. The predicted octanol–water partition coefficient (Wildman–Crippen LogP) is 3.73. The third-order valence-electron chi connectivity index (χ3n) is 4.82. The van der Waals surface area contributed by atoms with Crippen LogP contribution < -0.4 is 10.1 Å². The van der Waals surface area contributed by atoms with Gasteiger partial charge in [0.25, 0.3) is 5.69 Å². The number of amides is 1. The second-order valence-corrected chi connectivity index (χ2v) is 6.84. The molecule has 0 heterocycles. The Hall–Kier alpha value is -3.00. The summed E-state index contributed by atoms with van der Waals surface area (Å²) in [6, 6.07) is 10.1. The number of halogens is 1. The van der Waals surface area contributed by atoms with Crippen molar-refractivity contribution in [2.24, 2.45) is 0 Å². The van der Waals surface area contributed by atoms with E-state index in [9.17, 15) is 19.3 Å². The van der Waals surface area contributed by atoms with Gasteiger partial charge in [0.15, 0.2) is 0 Å². The van der Waals surface area contributed by atoms with Crippen molar-refractivity contribution in [3.8, 4) is 5.75 Å². The summed E-state index contributed by atoms with van der Waals surface area (Å²) < 4.78 is 18.3. The van der Waals surface area contributed by atoms with Crippen LogP contribution >= 0.6 is 0 Å². The Labute approximate surface area is 162 Å². The summed E-state index contributed by atoms with van der Waals surface area (Å²) >= 11 is 0. The van der Waals surface area contributed by atoms with Crippen molar-refractivity contribution < 1.29 is 18.8 Å². The highest BCUT2D eigenvalue weighted by Gasteiger charge is 2.35. The summed E-state index contributed by atoms with van der Waals surface area (Å²) in [7, 11) is 1.44. The predicted molar refractivity (Wildman–Crippen MR) is 103 cm³/mol. The number of nitro benzene ring substituents is 1. The molecule has 3 rings (SSSR count). The van der Waals surface area contributed by atoms with E-state index < -0.39 is 11.0 Å². The number of nitro groups is 1. The van der Waals surface area contributed by atoms with Crippen molar-refractivity contribution in [3.05, 3.63) is 64.0 Å². The van der Waals surface area contributed by atoms with E-state index in [2.05, 4.69) is 10.2 Å². The summed E-state index contributed by atoms with van der Waals surface area (Å²) in [5, 5.41) is 13.8. The standard InChI is InChI=1S/C20H22FN3O4/c1-13(23(16-7-8-16)12-14-3-5-15(21)6-4-14)20(25)22-18-11-17(24(26)27)9-10-19(18)28-2/h3-6,9-11,13,16H,7-8,12H2,1-2H3,(H,22,25)/t13-/m0/s1. The lowest BCUT2D eigenvalue weighted by Crippen LogP contribution is -2.43. The molecule has 8 heteroatoms. The minimum Gasteiger partial charge on any atom is -0.495 e. The van der Waals surface area contributed by atoms with E-state index >= 15 is 0 Å². The molecular weight excluding hydrogens is 365 g/mol. The summed E-state index contributed by atoms with van der Waals surface area (Å²) in [5.74, 6) is -0.235. The molecule has 0 saturated heterocycles. The highest BCUT2D eigenvalue weighted by atomic mass is 19.1. The fourth-order valence-electron chi connectivity index (χ4n) is 3.08. The Balaban J connectivity index is 1.76. The van der Waals surface area contributed by atoms with E-state index in [1.807, 2.05) is 0 Å². The van der Waals surface area contributed by atoms with Gasteiger partial charge in [-0.05, 0) is 43.5 Å². The Morgan fingerprint density at radius 2 is 2.00 bits per heavy atom. The van der Waals surface area contributed by atoms with Gasteiger partial charge in [0, 0.05) is 24.7 Å². The van der Waals surface area contributed by atoms with Crippen LogP contribution in [0.2, 0.25) is 0 Å². The Morgan fingerprint density at radius 3 is 2.57 bits per heavy atom. The SMILES string of the molecule is COc1ccc([N+](=O)[O-])cc1NC(=O)[C@H](C)N(Cc1ccc(F)cc1)C1CC1. The lowest BCUT2D eigenvalue weighted by Gasteiger charge is -2.28. The number of ether oxygens (including phenoxy) is 1. The van der Waals surface area contributed by atoms with Crippen LogP contribution in [-0.2, 0) is 11.3 Å². The average molecular weight is 387 g/mol. The van der Waals surface area contributed by atoms with Crippen molar-refractivity contribution in [2.75, 3.05) is 12.4 Å². The molecule has 0 spiro atoms. The van der Waals surface area contributed by atoms with Crippen molar-refractivity contribution >= 4 is 17.3 Å². The first-order valence-electron chi connectivity index (χ1n) is 9.02. The Kier molecular flexibility index (Phi) is 5.89. The third-order valence-corrected chi connectivity index (χ3v) is 4.82. The first kappa shape index (κ1) is 19.8. The molecule has 0 bridgehead atoms. The molecule has 1 aliphatic rings. The second-order valence-electron chi connectivity index (χ2n) is 6.84. The van der Waals surface area contributed by atoms with Gasteiger partial charge in [0.05, 0.1) is 23.8 Å². The van der Waals surface area contributed by atoms with E-state index in [0.29, 0.717) is 12.3 Å². The van der Waals surface area contributed by atoms with E-state index in [-0.39, 0.29) is 29.1 Å². The largest absolute Gasteiger partial charge is 0.495 e. The van der Waals surface area contributed by atoms with Gasteiger partial charge in [-0.3, -0.25) is 19.8 Å². The number of rotatable bonds is 8. The quantitative estimate of drug-likeness (QED) is 0.551. The molecule has 1 fully saturated rings. The highest BCUT2D eigenvalue weighted by Crippen LogP contribution is 2.32. The average Bonchev–Trinajstić information content (AvgIpc) is 3.52. The lowest BCUT2D eigenvalue weighted by atomic mass is 10.1. The fourth-order valence-corrected chi connectivity index (χ4v) is 3.08. The Bertz CT molecular complexity index is 868. The smallest absolute Gasteiger partial charge is 0.271 e. The van der Waals surface area contributed by atoms with Crippen LogP contribution in [0.5, 0.6) is 5.75 Å². The van der Waals surface area contributed by atoms with Crippen LogP contribution in [0.15, 0.2) is 42.5 Å². The molecule has 0 radical (unpaired) electrons. The molecule has 0 aromatic heterocycles. The molecule has 148 valence electrons. The lowest BCUT2D eigenvalue weighted by molar-refractivity contribution is -0.384. The van der Waals surface area contributed by atoms with Gasteiger partial charge >= 0.3 is 0 Å². The van der Waals surface area contributed by atoms with E-state index in [4.69, 9.17) is 4.74 Å². The van der Waals surface area contributed by atoms with Crippen LogP contribution in [0.3, 0.4) is 0 Å². The molecule has 0 unspecified atom stereocenters. The van der Waals surface area contributed by atoms with Gasteiger partial charge in [-0.25, -0.2) is 4.39 Å². The molecule has 0 aliphatic heterocycles. The number of anilines is 1. The zero-order chi connectivity index (χ0) is 20.3. The highest BCUT2D eigenvalue weighted by molar-refractivity contribution is 5.96. The molecule has 1 N–H and O–H groups in total. The zero-order valence-electron chi connectivity index (χ0n) is 15.7. The number of nitrogens with zero attached hydrogens (tertiary/aromatic N) is 2. The van der Waals surface area contributed by atoms with E-state index in [1.54, 1.807) is 19.1 Å². The van der Waals surface area contributed by atoms with E-state index in [1.165, 1.54) is 37.4 Å². The molecular formula is C20H22FN3O4. The van der Waals surface area contributed by atoms with Crippen LogP contribution in [0.25, 0.3) is 0 Å². The number of nitrogens with one attached hydrogen (secondary N) is 1. The van der Waals surface area contributed by atoms with Gasteiger partial charge in [0.2, 0.25) is 5.91 Å². The van der Waals surface area contributed by atoms with Crippen molar-refractivity contribution in [2.45, 2.75) is 38.4 Å². The van der Waals surface area contributed by atoms with Gasteiger partial charge in [-0.2, -0.15) is 0 Å². The van der Waals surface area contributed by atoms with Crippen LogP contribution in [0.4, 0.5) is 15.8 Å². The zero-order valence-corrected chi connectivity index (χ0v) is 15.7. The molecule has 2 aromatic carbocycles. The number of benzene rings is 2. The summed E-state index contributed by atoms with van der Waals surface area (Å²) in [5.41, 5.74) is 1.04. The number of methoxy groups -OCH3 is 1. The monoisotopic (exact) mass is 387 g/mol. The van der Waals surface area contributed by atoms with Crippen molar-refractivity contribution in [3.63, 3.8) is 0 Å². The maximum atomic E-state index is 13.1. The topological polar surface area (TPSA) is 84.7 Å². The summed E-state index contributed by atoms with van der Waals surface area (Å²) in [4.78, 5) is 25.4. The second kappa shape index (κ2) is 8.35. The summed E-state index contributed by atoms with van der Waals surface area (Å²) in [6.45, 7) is 2.31. The van der Waals surface area contributed by atoms with Crippen molar-refractivity contribution in [1.29, 1.82) is 0 Å². The molecule has 1 saturated carbocycles. The number of carbonyl (C=O) groups excluding carboxylic acids is 1. The van der Waals surface area contributed by atoms with Gasteiger partial charge in [-0.1, -0.05) is 12.1 Å². The molecule has 2 aromatic rings. The molecule has 1 atom stereocenters. The molecule has 28 heavy (non-hydrogen) atoms. The minimum atomic E-state index is -0.524. The van der Waals surface area contributed by atoms with Crippen LogP contribution in [0.1, 0.15) is 25.3 Å². The normalized spacial score (nSPS) is 14.6. The maximum Gasteiger partial charge on any atom is 0.271 e. The first-order valence-corrected chi connectivity index (χ1v) is 9.02. The van der Waals surface area contributed by atoms with Crippen molar-refractivity contribution in [1.82, 2.24) is 4.90 Å². The molecule has 7 nitrogen and oxygen atoms in total.